The molecule has 19 heavy (non-hydrogen) atoms. The summed E-state index contributed by atoms with van der Waals surface area (Å²) in [6.45, 7) is 4.21. The second-order valence-corrected chi connectivity index (χ2v) is 4.39. The van der Waals surface area contributed by atoms with Crippen molar-refractivity contribution in [3.8, 4) is 0 Å². The molecule has 5 nitrogen and oxygen atoms in total. The molecular weight excluding hydrogens is 242 g/mol. The van der Waals surface area contributed by atoms with Crippen LogP contribution in [0.1, 0.15) is 30.6 Å². The molecule has 0 fully saturated rings. The molecule has 104 valence electrons. The lowest BCUT2D eigenvalue weighted by Crippen LogP contribution is -2.31. The third kappa shape index (κ3) is 4.99. The minimum atomic E-state index is -0.0846. The van der Waals surface area contributed by atoms with Crippen molar-refractivity contribution < 1.29 is 9.59 Å². The first-order valence-corrected chi connectivity index (χ1v) is 6.42. The number of carbonyl (C=O) groups is 2. The Kier molecular flexibility index (Phi) is 5.85. The number of rotatable bonds is 6. The van der Waals surface area contributed by atoms with Gasteiger partial charge in [0, 0.05) is 24.3 Å². The minimum Gasteiger partial charge on any atom is -0.376 e. The highest BCUT2D eigenvalue weighted by Crippen LogP contribution is 2.09. The van der Waals surface area contributed by atoms with Crippen LogP contribution in [-0.4, -0.2) is 31.4 Å². The van der Waals surface area contributed by atoms with Crippen LogP contribution in [-0.2, 0) is 4.79 Å². The van der Waals surface area contributed by atoms with Gasteiger partial charge >= 0.3 is 0 Å². The van der Waals surface area contributed by atoms with E-state index in [1.807, 2.05) is 13.8 Å². The number of anilines is 1. The summed E-state index contributed by atoms with van der Waals surface area (Å²) in [5.74, 6) is -0.161. The summed E-state index contributed by atoms with van der Waals surface area (Å²) in [4.78, 5) is 22.9. The number of amides is 2. The molecule has 0 aromatic heterocycles. The average Bonchev–Trinajstić information content (AvgIpc) is 2.44. The van der Waals surface area contributed by atoms with Gasteiger partial charge in [0.25, 0.3) is 5.91 Å². The van der Waals surface area contributed by atoms with Crippen molar-refractivity contribution in [2.24, 2.45) is 0 Å². The Balaban J connectivity index is 2.56. The van der Waals surface area contributed by atoms with Crippen LogP contribution >= 0.6 is 0 Å². The third-order valence-electron chi connectivity index (χ3n) is 2.87. The van der Waals surface area contributed by atoms with Gasteiger partial charge in [-0.15, -0.1) is 0 Å². The summed E-state index contributed by atoms with van der Waals surface area (Å²) in [7, 11) is 1.59. The van der Waals surface area contributed by atoms with E-state index in [1.165, 1.54) is 0 Å². The molecule has 0 bridgehead atoms. The molecule has 0 aliphatic rings. The first-order valence-electron chi connectivity index (χ1n) is 6.42. The molecule has 3 N–H and O–H groups in total. The van der Waals surface area contributed by atoms with Gasteiger partial charge in [-0.3, -0.25) is 9.59 Å². The summed E-state index contributed by atoms with van der Waals surface area (Å²) >= 11 is 0. The molecule has 0 aliphatic carbocycles. The maximum atomic E-state index is 11.8. The second kappa shape index (κ2) is 7.41. The number of hydrogen-bond donors (Lipinski definition) is 3. The monoisotopic (exact) mass is 263 g/mol. The van der Waals surface area contributed by atoms with Gasteiger partial charge in [0.15, 0.2) is 0 Å². The van der Waals surface area contributed by atoms with E-state index < -0.39 is 0 Å². The van der Waals surface area contributed by atoms with Crippen LogP contribution < -0.4 is 16.0 Å². The van der Waals surface area contributed by atoms with Crippen LogP contribution in [0.4, 0.5) is 5.69 Å². The number of benzene rings is 1. The number of likely N-dealkylation sites (N-methyl/N-ethyl adjacent to an activating group) is 1. The van der Waals surface area contributed by atoms with E-state index in [2.05, 4.69) is 16.0 Å². The molecule has 2 amide bonds. The van der Waals surface area contributed by atoms with Gasteiger partial charge in [-0.2, -0.15) is 0 Å². The van der Waals surface area contributed by atoms with Crippen LogP contribution in [0, 0.1) is 0 Å². The molecule has 1 aromatic rings. The van der Waals surface area contributed by atoms with Gasteiger partial charge in [0.1, 0.15) is 0 Å². The second-order valence-electron chi connectivity index (χ2n) is 4.39. The molecule has 0 saturated carbocycles. The fourth-order valence-corrected chi connectivity index (χ4v) is 1.42. The minimum absolute atomic E-state index is 0.0767. The quantitative estimate of drug-likeness (QED) is 0.726. The molecule has 1 unspecified atom stereocenters. The van der Waals surface area contributed by atoms with Crippen molar-refractivity contribution in [1.82, 2.24) is 10.6 Å². The van der Waals surface area contributed by atoms with Gasteiger partial charge in [0.05, 0.1) is 6.54 Å². The fourth-order valence-electron chi connectivity index (χ4n) is 1.42. The highest BCUT2D eigenvalue weighted by Gasteiger charge is 2.08. The summed E-state index contributed by atoms with van der Waals surface area (Å²) in [5, 5.41) is 8.40. The normalized spacial score (nSPS) is 11.5. The Bertz CT molecular complexity index is 429. The van der Waals surface area contributed by atoms with E-state index in [1.54, 1.807) is 31.3 Å². The lowest BCUT2D eigenvalue weighted by atomic mass is 10.1. The molecule has 0 heterocycles. The zero-order valence-corrected chi connectivity index (χ0v) is 11.6. The lowest BCUT2D eigenvalue weighted by Gasteiger charge is -2.11. The Morgan fingerprint density at radius 1 is 1.21 bits per heavy atom. The van der Waals surface area contributed by atoms with Gasteiger partial charge < -0.3 is 16.0 Å². The number of carbonyl (C=O) groups excluding carboxylic acids is 2. The van der Waals surface area contributed by atoms with Crippen LogP contribution in [0.3, 0.4) is 0 Å². The summed E-state index contributed by atoms with van der Waals surface area (Å²) in [6, 6.07) is 7.22. The first-order chi connectivity index (χ1) is 9.06. The van der Waals surface area contributed by atoms with E-state index in [0.717, 1.165) is 12.1 Å². The molecule has 0 saturated heterocycles. The maximum absolute atomic E-state index is 11.8. The molecular formula is C14H21N3O2. The topological polar surface area (TPSA) is 70.2 Å². The van der Waals surface area contributed by atoms with Crippen LogP contribution in [0.5, 0.6) is 0 Å². The maximum Gasteiger partial charge on any atom is 0.251 e. The van der Waals surface area contributed by atoms with Crippen molar-refractivity contribution in [1.29, 1.82) is 0 Å². The van der Waals surface area contributed by atoms with Crippen LogP contribution in [0.2, 0.25) is 0 Å². The van der Waals surface area contributed by atoms with E-state index in [4.69, 9.17) is 0 Å². The van der Waals surface area contributed by atoms with E-state index >= 15 is 0 Å². The average molecular weight is 263 g/mol. The fraction of sp³-hybridized carbons (Fsp3) is 0.429. The predicted molar refractivity (Wildman–Crippen MR) is 76.2 cm³/mol. The SMILES string of the molecule is CCC(C)NC(=O)c1ccc(NCC(=O)NC)cc1. The van der Waals surface area contributed by atoms with E-state index in [9.17, 15) is 9.59 Å². The lowest BCUT2D eigenvalue weighted by molar-refractivity contribution is -0.118. The van der Waals surface area contributed by atoms with Gasteiger partial charge in [-0.05, 0) is 37.6 Å². The van der Waals surface area contributed by atoms with Crippen LogP contribution in [0.25, 0.3) is 0 Å². The Morgan fingerprint density at radius 3 is 2.37 bits per heavy atom. The standard InChI is InChI=1S/C14H21N3O2/c1-4-10(2)17-14(19)11-5-7-12(8-6-11)16-9-13(18)15-3/h5-8,10,16H,4,9H2,1-3H3,(H,15,18)(H,17,19). The van der Waals surface area contributed by atoms with Gasteiger partial charge in [-0.25, -0.2) is 0 Å². The molecule has 0 spiro atoms. The van der Waals surface area contributed by atoms with Crippen molar-refractivity contribution in [2.75, 3.05) is 18.9 Å². The van der Waals surface area contributed by atoms with Gasteiger partial charge in [-0.1, -0.05) is 6.92 Å². The number of hydrogen-bond acceptors (Lipinski definition) is 3. The predicted octanol–water partition coefficient (Wildman–Crippen LogP) is 1.37. The Labute approximate surface area is 113 Å². The van der Waals surface area contributed by atoms with Crippen molar-refractivity contribution in [2.45, 2.75) is 26.3 Å². The first kappa shape index (κ1) is 15.0. The van der Waals surface area contributed by atoms with Crippen molar-refractivity contribution >= 4 is 17.5 Å². The molecule has 1 atom stereocenters. The summed E-state index contributed by atoms with van der Waals surface area (Å²) in [6.07, 6.45) is 0.900. The zero-order chi connectivity index (χ0) is 14.3. The number of nitrogens with one attached hydrogen (secondary N) is 3. The van der Waals surface area contributed by atoms with Gasteiger partial charge in [0.2, 0.25) is 5.91 Å². The van der Waals surface area contributed by atoms with E-state index in [-0.39, 0.29) is 24.4 Å². The Hall–Kier alpha value is -2.04. The van der Waals surface area contributed by atoms with Crippen LogP contribution in [0.15, 0.2) is 24.3 Å². The Morgan fingerprint density at radius 2 is 1.84 bits per heavy atom. The van der Waals surface area contributed by atoms with Crippen molar-refractivity contribution in [3.05, 3.63) is 29.8 Å². The summed E-state index contributed by atoms with van der Waals surface area (Å²) < 4.78 is 0. The molecule has 1 aromatic carbocycles. The molecule has 5 heteroatoms. The highest BCUT2D eigenvalue weighted by molar-refractivity contribution is 5.94. The highest BCUT2D eigenvalue weighted by atomic mass is 16.2. The smallest absolute Gasteiger partial charge is 0.251 e. The molecule has 0 aliphatic heterocycles. The summed E-state index contributed by atoms with van der Waals surface area (Å²) in [5.41, 5.74) is 1.43. The third-order valence-corrected chi connectivity index (χ3v) is 2.87. The molecule has 1 rings (SSSR count). The molecule has 0 radical (unpaired) electrons. The van der Waals surface area contributed by atoms with Crippen molar-refractivity contribution in [3.63, 3.8) is 0 Å². The largest absolute Gasteiger partial charge is 0.376 e. The van der Waals surface area contributed by atoms with E-state index in [0.29, 0.717) is 5.56 Å². The zero-order valence-electron chi connectivity index (χ0n) is 11.6.